The number of piperidine rings is 1. The van der Waals surface area contributed by atoms with Gasteiger partial charge in [-0.25, -0.2) is 9.97 Å². The molecule has 6 heteroatoms. The summed E-state index contributed by atoms with van der Waals surface area (Å²) in [5, 5.41) is 4.00. The van der Waals surface area contributed by atoms with E-state index in [0.717, 1.165) is 30.4 Å². The number of para-hydroxylation sites is 1. The molecule has 122 valence electrons. The minimum Gasteiger partial charge on any atom is -0.451 e. The lowest BCUT2D eigenvalue weighted by Gasteiger charge is -2.32. The Morgan fingerprint density at radius 1 is 1.21 bits per heavy atom. The molecule has 1 fully saturated rings. The number of hydrogen-bond donors (Lipinski definition) is 1. The summed E-state index contributed by atoms with van der Waals surface area (Å²) in [5.74, 6) is 0.886. The Bertz CT molecular complexity index is 813. The van der Waals surface area contributed by atoms with Gasteiger partial charge in [0.05, 0.1) is 0 Å². The van der Waals surface area contributed by atoms with Gasteiger partial charge in [0, 0.05) is 36.9 Å². The number of nitrogens with one attached hydrogen (secondary N) is 1. The van der Waals surface area contributed by atoms with E-state index in [1.807, 2.05) is 24.3 Å². The Hall–Kier alpha value is -2.89. The molecule has 2 aromatic heterocycles. The number of hydrogen-bond acceptors (Lipinski definition) is 5. The molecule has 1 atom stereocenters. The van der Waals surface area contributed by atoms with Crippen LogP contribution in [0, 0.1) is 0 Å². The van der Waals surface area contributed by atoms with Crippen molar-refractivity contribution in [1.82, 2.24) is 15.3 Å². The Morgan fingerprint density at radius 3 is 2.88 bits per heavy atom. The van der Waals surface area contributed by atoms with Crippen molar-refractivity contribution in [3.63, 3.8) is 0 Å². The second-order valence-electron chi connectivity index (χ2n) is 5.96. The highest BCUT2D eigenvalue weighted by Gasteiger charge is 2.24. The molecule has 1 amide bonds. The van der Waals surface area contributed by atoms with Gasteiger partial charge in [-0.2, -0.15) is 0 Å². The number of fused-ring (bicyclic) bond motifs is 1. The highest BCUT2D eigenvalue weighted by Crippen LogP contribution is 2.20. The number of nitrogens with zero attached hydrogens (tertiary/aromatic N) is 3. The van der Waals surface area contributed by atoms with E-state index in [9.17, 15) is 4.79 Å². The Labute approximate surface area is 139 Å². The van der Waals surface area contributed by atoms with Crippen molar-refractivity contribution in [2.24, 2.45) is 0 Å². The van der Waals surface area contributed by atoms with Crippen molar-refractivity contribution in [2.45, 2.75) is 18.9 Å². The summed E-state index contributed by atoms with van der Waals surface area (Å²) >= 11 is 0. The number of benzene rings is 1. The van der Waals surface area contributed by atoms with Gasteiger partial charge in [0.1, 0.15) is 5.58 Å². The monoisotopic (exact) mass is 322 g/mol. The third-order valence-corrected chi connectivity index (χ3v) is 4.24. The number of anilines is 1. The molecule has 1 unspecified atom stereocenters. The van der Waals surface area contributed by atoms with Gasteiger partial charge in [0.2, 0.25) is 5.95 Å². The average Bonchev–Trinajstić information content (AvgIpc) is 3.07. The fourth-order valence-electron chi connectivity index (χ4n) is 3.08. The molecule has 0 bridgehead atoms. The van der Waals surface area contributed by atoms with Crippen LogP contribution in [0.25, 0.3) is 11.0 Å². The number of carbonyl (C=O) groups excluding carboxylic acids is 1. The second-order valence-corrected chi connectivity index (χ2v) is 5.96. The van der Waals surface area contributed by atoms with Crippen molar-refractivity contribution in [2.75, 3.05) is 18.0 Å². The van der Waals surface area contributed by atoms with Crippen LogP contribution >= 0.6 is 0 Å². The normalized spacial score (nSPS) is 17.8. The summed E-state index contributed by atoms with van der Waals surface area (Å²) in [6, 6.07) is 11.3. The van der Waals surface area contributed by atoms with Gasteiger partial charge in [0.15, 0.2) is 5.76 Å². The third kappa shape index (κ3) is 2.95. The molecule has 6 nitrogen and oxygen atoms in total. The SMILES string of the molecule is O=C(NC1CCCN(c2ncccn2)C1)c1cc2ccccc2o1. The quantitative estimate of drug-likeness (QED) is 0.802. The van der Waals surface area contributed by atoms with Crippen LogP contribution in [-0.4, -0.2) is 35.0 Å². The van der Waals surface area contributed by atoms with Crippen LogP contribution in [-0.2, 0) is 0 Å². The zero-order valence-corrected chi connectivity index (χ0v) is 13.2. The summed E-state index contributed by atoms with van der Waals surface area (Å²) in [6.07, 6.45) is 5.40. The van der Waals surface area contributed by atoms with E-state index in [1.54, 1.807) is 24.5 Å². The first kappa shape index (κ1) is 14.7. The van der Waals surface area contributed by atoms with Gasteiger partial charge in [-0.3, -0.25) is 4.79 Å². The molecule has 0 aliphatic carbocycles. The molecule has 1 aliphatic heterocycles. The maximum absolute atomic E-state index is 12.5. The minimum absolute atomic E-state index is 0.0586. The molecule has 3 heterocycles. The smallest absolute Gasteiger partial charge is 0.287 e. The first-order valence-corrected chi connectivity index (χ1v) is 8.11. The van der Waals surface area contributed by atoms with Crippen LogP contribution in [0.15, 0.2) is 53.2 Å². The molecule has 3 aromatic rings. The van der Waals surface area contributed by atoms with Crippen LogP contribution in [0.1, 0.15) is 23.4 Å². The molecule has 0 radical (unpaired) electrons. The van der Waals surface area contributed by atoms with Crippen LogP contribution in [0.5, 0.6) is 0 Å². The summed E-state index contributed by atoms with van der Waals surface area (Å²) in [7, 11) is 0. The number of carbonyl (C=O) groups is 1. The maximum atomic E-state index is 12.5. The standard InChI is InChI=1S/C18H18N4O2/c23-17(16-11-13-5-1-2-7-15(13)24-16)21-14-6-3-10-22(12-14)18-19-8-4-9-20-18/h1-2,4-5,7-9,11,14H,3,6,10,12H2,(H,21,23). The molecule has 4 rings (SSSR count). The Kier molecular flexibility index (Phi) is 3.86. The molecule has 1 aromatic carbocycles. The molecular weight excluding hydrogens is 304 g/mol. The second kappa shape index (κ2) is 6.31. The minimum atomic E-state index is -0.174. The zero-order chi connectivity index (χ0) is 16.4. The van der Waals surface area contributed by atoms with Crippen molar-refractivity contribution in [3.8, 4) is 0 Å². The molecule has 0 saturated carbocycles. The number of amides is 1. The number of rotatable bonds is 3. The number of aromatic nitrogens is 2. The topological polar surface area (TPSA) is 71.3 Å². The Balaban J connectivity index is 1.45. The highest BCUT2D eigenvalue weighted by atomic mass is 16.3. The largest absolute Gasteiger partial charge is 0.451 e. The van der Waals surface area contributed by atoms with Gasteiger partial charge in [-0.15, -0.1) is 0 Å². The molecular formula is C18H18N4O2. The molecule has 1 aliphatic rings. The number of furan rings is 1. The predicted molar refractivity (Wildman–Crippen MR) is 90.9 cm³/mol. The molecule has 0 spiro atoms. The van der Waals surface area contributed by atoms with E-state index in [1.165, 1.54) is 0 Å². The van der Waals surface area contributed by atoms with Gasteiger partial charge < -0.3 is 14.6 Å². The first-order chi connectivity index (χ1) is 11.8. The summed E-state index contributed by atoms with van der Waals surface area (Å²) in [5.41, 5.74) is 0.727. The van der Waals surface area contributed by atoms with E-state index in [2.05, 4.69) is 20.2 Å². The Morgan fingerprint density at radius 2 is 2.04 bits per heavy atom. The highest BCUT2D eigenvalue weighted by molar-refractivity contribution is 5.96. The van der Waals surface area contributed by atoms with Crippen molar-refractivity contribution in [1.29, 1.82) is 0 Å². The van der Waals surface area contributed by atoms with E-state index >= 15 is 0 Å². The van der Waals surface area contributed by atoms with Gasteiger partial charge in [-0.05, 0) is 31.0 Å². The van der Waals surface area contributed by atoms with Gasteiger partial charge >= 0.3 is 0 Å². The lowest BCUT2D eigenvalue weighted by Crippen LogP contribution is -2.48. The molecule has 1 saturated heterocycles. The van der Waals surface area contributed by atoms with Crippen molar-refractivity contribution in [3.05, 3.63) is 54.6 Å². The van der Waals surface area contributed by atoms with E-state index in [4.69, 9.17) is 4.42 Å². The van der Waals surface area contributed by atoms with Crippen molar-refractivity contribution < 1.29 is 9.21 Å². The van der Waals surface area contributed by atoms with Crippen LogP contribution in [0.2, 0.25) is 0 Å². The summed E-state index contributed by atoms with van der Waals surface area (Å²) in [4.78, 5) is 23.1. The zero-order valence-electron chi connectivity index (χ0n) is 13.2. The summed E-state index contributed by atoms with van der Waals surface area (Å²) in [6.45, 7) is 1.61. The van der Waals surface area contributed by atoms with Gasteiger partial charge in [-0.1, -0.05) is 18.2 Å². The average molecular weight is 322 g/mol. The first-order valence-electron chi connectivity index (χ1n) is 8.11. The fourth-order valence-corrected chi connectivity index (χ4v) is 3.08. The van der Waals surface area contributed by atoms with E-state index in [0.29, 0.717) is 18.3 Å². The lowest BCUT2D eigenvalue weighted by molar-refractivity contribution is 0.0907. The van der Waals surface area contributed by atoms with Gasteiger partial charge in [0.25, 0.3) is 5.91 Å². The van der Waals surface area contributed by atoms with E-state index in [-0.39, 0.29) is 11.9 Å². The lowest BCUT2D eigenvalue weighted by atomic mass is 10.1. The maximum Gasteiger partial charge on any atom is 0.287 e. The van der Waals surface area contributed by atoms with Crippen LogP contribution in [0.3, 0.4) is 0 Å². The summed E-state index contributed by atoms with van der Waals surface area (Å²) < 4.78 is 5.63. The predicted octanol–water partition coefficient (Wildman–Crippen LogP) is 2.62. The van der Waals surface area contributed by atoms with Crippen LogP contribution in [0.4, 0.5) is 5.95 Å². The fraction of sp³-hybridized carbons (Fsp3) is 0.278. The van der Waals surface area contributed by atoms with Crippen LogP contribution < -0.4 is 10.2 Å². The molecule has 1 N–H and O–H groups in total. The third-order valence-electron chi connectivity index (χ3n) is 4.24. The van der Waals surface area contributed by atoms with E-state index < -0.39 is 0 Å². The van der Waals surface area contributed by atoms with Crippen molar-refractivity contribution >= 4 is 22.8 Å². The molecule has 24 heavy (non-hydrogen) atoms.